The number of ether oxygens (including phenoxy) is 1. The third kappa shape index (κ3) is 5.07. The summed E-state index contributed by atoms with van der Waals surface area (Å²) in [5.41, 5.74) is 3.97. The Balaban J connectivity index is 1.69. The number of anilines is 3. The van der Waals surface area contributed by atoms with Gasteiger partial charge in [-0.25, -0.2) is 0 Å². The Morgan fingerprint density at radius 3 is 2.44 bits per heavy atom. The molecule has 2 N–H and O–H groups in total. The summed E-state index contributed by atoms with van der Waals surface area (Å²) < 4.78 is 5.61. The van der Waals surface area contributed by atoms with Gasteiger partial charge in [0.2, 0.25) is 0 Å². The van der Waals surface area contributed by atoms with Crippen LogP contribution in [0.4, 0.5) is 17.1 Å². The smallest absolute Gasteiger partial charge is 0.274 e. The van der Waals surface area contributed by atoms with Crippen molar-refractivity contribution in [2.45, 2.75) is 26.9 Å². The van der Waals surface area contributed by atoms with E-state index in [2.05, 4.69) is 15.6 Å². The van der Waals surface area contributed by atoms with Crippen LogP contribution in [0.15, 0.2) is 66.9 Å². The molecule has 0 aliphatic rings. The fourth-order valence-corrected chi connectivity index (χ4v) is 2.59. The van der Waals surface area contributed by atoms with Crippen molar-refractivity contribution < 1.29 is 9.53 Å². The van der Waals surface area contributed by atoms with Gasteiger partial charge in [-0.1, -0.05) is 18.2 Å². The maximum absolute atomic E-state index is 12.5. The molecule has 0 fully saturated rings. The first-order valence-corrected chi connectivity index (χ1v) is 8.88. The van der Waals surface area contributed by atoms with E-state index in [9.17, 15) is 4.79 Å². The molecule has 1 amide bonds. The van der Waals surface area contributed by atoms with E-state index < -0.39 is 0 Å². The topological polar surface area (TPSA) is 63.2 Å². The van der Waals surface area contributed by atoms with Crippen LogP contribution in [-0.2, 0) is 0 Å². The van der Waals surface area contributed by atoms with Gasteiger partial charge in [0.1, 0.15) is 11.4 Å². The average Bonchev–Trinajstić information content (AvgIpc) is 2.65. The highest BCUT2D eigenvalue weighted by atomic mass is 16.5. The van der Waals surface area contributed by atoms with Crippen molar-refractivity contribution in [2.75, 3.05) is 10.6 Å². The molecular formula is C22H23N3O2. The molecule has 138 valence electrons. The van der Waals surface area contributed by atoms with Crippen LogP contribution in [0.2, 0.25) is 0 Å². The summed E-state index contributed by atoms with van der Waals surface area (Å²) in [5, 5.41) is 6.18. The summed E-state index contributed by atoms with van der Waals surface area (Å²) in [6.45, 7) is 5.97. The Morgan fingerprint density at radius 1 is 1.00 bits per heavy atom. The van der Waals surface area contributed by atoms with Gasteiger partial charge in [-0.05, 0) is 68.8 Å². The normalized spacial score (nSPS) is 10.5. The van der Waals surface area contributed by atoms with E-state index in [-0.39, 0.29) is 12.0 Å². The van der Waals surface area contributed by atoms with E-state index in [0.29, 0.717) is 11.4 Å². The average molecular weight is 361 g/mol. The van der Waals surface area contributed by atoms with Gasteiger partial charge in [0.15, 0.2) is 0 Å². The van der Waals surface area contributed by atoms with Gasteiger partial charge in [0.25, 0.3) is 5.91 Å². The van der Waals surface area contributed by atoms with Crippen LogP contribution in [-0.4, -0.2) is 17.0 Å². The van der Waals surface area contributed by atoms with Gasteiger partial charge in [0.05, 0.1) is 6.10 Å². The van der Waals surface area contributed by atoms with Crippen molar-refractivity contribution in [3.63, 3.8) is 0 Å². The highest BCUT2D eigenvalue weighted by molar-refractivity contribution is 6.03. The predicted octanol–water partition coefficient (Wildman–Crippen LogP) is 5.17. The fraction of sp³-hybridized carbons (Fsp3) is 0.182. The number of hydrogen-bond donors (Lipinski definition) is 2. The zero-order valence-corrected chi connectivity index (χ0v) is 15.7. The van der Waals surface area contributed by atoms with E-state index in [0.717, 1.165) is 22.7 Å². The first kappa shape index (κ1) is 18.5. The molecule has 3 aromatic rings. The van der Waals surface area contributed by atoms with Gasteiger partial charge in [-0.15, -0.1) is 0 Å². The molecule has 5 heteroatoms. The largest absolute Gasteiger partial charge is 0.491 e. The van der Waals surface area contributed by atoms with Crippen LogP contribution >= 0.6 is 0 Å². The van der Waals surface area contributed by atoms with E-state index in [1.54, 1.807) is 12.3 Å². The molecular weight excluding hydrogens is 338 g/mol. The maximum atomic E-state index is 12.5. The zero-order valence-electron chi connectivity index (χ0n) is 15.7. The summed E-state index contributed by atoms with van der Waals surface area (Å²) in [7, 11) is 0. The Hall–Kier alpha value is -3.34. The second kappa shape index (κ2) is 8.36. The van der Waals surface area contributed by atoms with Gasteiger partial charge in [0, 0.05) is 23.3 Å². The van der Waals surface area contributed by atoms with Gasteiger partial charge >= 0.3 is 0 Å². The van der Waals surface area contributed by atoms with Crippen molar-refractivity contribution >= 4 is 23.0 Å². The molecule has 0 aliphatic heterocycles. The molecule has 0 atom stereocenters. The van der Waals surface area contributed by atoms with Gasteiger partial charge in [-0.3, -0.25) is 9.78 Å². The number of benzene rings is 2. The number of aromatic nitrogens is 1. The van der Waals surface area contributed by atoms with Crippen LogP contribution in [0, 0.1) is 6.92 Å². The van der Waals surface area contributed by atoms with Crippen molar-refractivity contribution in [3.05, 3.63) is 78.1 Å². The third-order valence-corrected chi connectivity index (χ3v) is 3.90. The maximum Gasteiger partial charge on any atom is 0.274 e. The van der Waals surface area contributed by atoms with E-state index in [1.807, 2.05) is 75.4 Å². The summed E-state index contributed by atoms with van der Waals surface area (Å²) in [6, 6.07) is 18.8. The number of carbonyl (C=O) groups is 1. The summed E-state index contributed by atoms with van der Waals surface area (Å²) in [4.78, 5) is 16.7. The quantitative estimate of drug-likeness (QED) is 0.635. The number of para-hydroxylation sites is 1. The lowest BCUT2D eigenvalue weighted by atomic mass is 10.2. The standard InChI is InChI=1S/C22H23N3O2/c1-15(2)27-19-10-8-17(9-11-19)25-22(26)21-14-18(12-13-23-21)24-20-7-5-4-6-16(20)3/h4-15H,1-3H3,(H,23,24)(H,25,26). The minimum Gasteiger partial charge on any atom is -0.491 e. The molecule has 0 saturated carbocycles. The number of amides is 1. The SMILES string of the molecule is Cc1ccccc1Nc1ccnc(C(=O)Nc2ccc(OC(C)C)cc2)c1. The van der Waals surface area contributed by atoms with E-state index in [1.165, 1.54) is 0 Å². The molecule has 1 heterocycles. The van der Waals surface area contributed by atoms with E-state index in [4.69, 9.17) is 4.74 Å². The van der Waals surface area contributed by atoms with Crippen LogP contribution < -0.4 is 15.4 Å². The molecule has 0 bridgehead atoms. The van der Waals surface area contributed by atoms with Crippen molar-refractivity contribution in [2.24, 2.45) is 0 Å². The zero-order chi connectivity index (χ0) is 19.2. The van der Waals surface area contributed by atoms with Gasteiger partial charge in [-0.2, -0.15) is 0 Å². The van der Waals surface area contributed by atoms with Crippen LogP contribution in [0.1, 0.15) is 29.9 Å². The molecule has 5 nitrogen and oxygen atoms in total. The third-order valence-electron chi connectivity index (χ3n) is 3.90. The molecule has 2 aromatic carbocycles. The molecule has 0 radical (unpaired) electrons. The Morgan fingerprint density at radius 2 is 1.74 bits per heavy atom. The minimum atomic E-state index is -0.263. The number of nitrogens with one attached hydrogen (secondary N) is 2. The predicted molar refractivity (Wildman–Crippen MR) is 109 cm³/mol. The van der Waals surface area contributed by atoms with Crippen molar-refractivity contribution in [3.8, 4) is 5.75 Å². The number of nitrogens with zero attached hydrogens (tertiary/aromatic N) is 1. The Bertz CT molecular complexity index is 921. The summed E-state index contributed by atoms with van der Waals surface area (Å²) >= 11 is 0. The lowest BCUT2D eigenvalue weighted by molar-refractivity contribution is 0.102. The van der Waals surface area contributed by atoms with E-state index >= 15 is 0 Å². The molecule has 0 saturated heterocycles. The number of aryl methyl sites for hydroxylation is 1. The summed E-state index contributed by atoms with van der Waals surface area (Å²) in [5.74, 6) is 0.506. The van der Waals surface area contributed by atoms with Crippen LogP contribution in [0.5, 0.6) is 5.75 Å². The Labute approximate surface area is 159 Å². The van der Waals surface area contributed by atoms with Crippen molar-refractivity contribution in [1.29, 1.82) is 0 Å². The first-order valence-electron chi connectivity index (χ1n) is 8.88. The second-order valence-corrected chi connectivity index (χ2v) is 6.51. The molecule has 3 rings (SSSR count). The Kier molecular flexibility index (Phi) is 5.71. The fourth-order valence-electron chi connectivity index (χ4n) is 2.59. The number of rotatable bonds is 6. The van der Waals surface area contributed by atoms with Crippen LogP contribution in [0.25, 0.3) is 0 Å². The molecule has 0 spiro atoms. The number of pyridine rings is 1. The number of hydrogen-bond acceptors (Lipinski definition) is 4. The first-order chi connectivity index (χ1) is 13.0. The second-order valence-electron chi connectivity index (χ2n) is 6.51. The lowest BCUT2D eigenvalue weighted by Crippen LogP contribution is -2.14. The molecule has 0 unspecified atom stereocenters. The highest BCUT2D eigenvalue weighted by Gasteiger charge is 2.09. The monoisotopic (exact) mass is 361 g/mol. The summed E-state index contributed by atoms with van der Waals surface area (Å²) in [6.07, 6.45) is 1.73. The number of carbonyl (C=O) groups excluding carboxylic acids is 1. The molecule has 1 aromatic heterocycles. The molecule has 27 heavy (non-hydrogen) atoms. The minimum absolute atomic E-state index is 0.109. The van der Waals surface area contributed by atoms with Crippen LogP contribution in [0.3, 0.4) is 0 Å². The van der Waals surface area contributed by atoms with Crippen molar-refractivity contribution in [1.82, 2.24) is 4.98 Å². The highest BCUT2D eigenvalue weighted by Crippen LogP contribution is 2.21. The molecule has 0 aliphatic carbocycles. The lowest BCUT2D eigenvalue weighted by Gasteiger charge is -2.11. The van der Waals surface area contributed by atoms with Gasteiger partial charge < -0.3 is 15.4 Å².